The Kier molecular flexibility index (Phi) is 6.40. The first-order valence-corrected chi connectivity index (χ1v) is 13.1. The van der Waals surface area contributed by atoms with Gasteiger partial charge >= 0.3 is 0 Å². The summed E-state index contributed by atoms with van der Waals surface area (Å²) in [5.41, 5.74) is 9.24. The molecule has 39 heavy (non-hydrogen) atoms. The number of nitrogens with zero attached hydrogens (tertiary/aromatic N) is 3. The SMILES string of the molecule is C=C/C(=C\C(=C/C)c1ccc2[nH]nc(-c3cc4c(-c5cccc(F)c5)cncc4[nH]3)c2n1)NC(=C)C1CCC1. The molecule has 194 valence electrons. The van der Waals surface area contributed by atoms with Crippen LogP contribution in [0.15, 0.2) is 97.6 Å². The summed E-state index contributed by atoms with van der Waals surface area (Å²) in [6.45, 7) is 10.2. The summed E-state index contributed by atoms with van der Waals surface area (Å²) in [7, 11) is 0. The van der Waals surface area contributed by atoms with Gasteiger partial charge in [-0.2, -0.15) is 5.10 Å². The van der Waals surface area contributed by atoms with Crippen molar-refractivity contribution < 1.29 is 4.39 Å². The van der Waals surface area contributed by atoms with E-state index in [0.717, 1.165) is 61.4 Å². The van der Waals surface area contributed by atoms with Crippen molar-refractivity contribution >= 4 is 27.5 Å². The summed E-state index contributed by atoms with van der Waals surface area (Å²) in [5, 5.41) is 12.1. The lowest BCUT2D eigenvalue weighted by atomic mass is 9.83. The molecule has 1 aliphatic carbocycles. The van der Waals surface area contributed by atoms with Crippen LogP contribution in [0.25, 0.3) is 50.0 Å². The van der Waals surface area contributed by atoms with Gasteiger partial charge in [0, 0.05) is 28.5 Å². The van der Waals surface area contributed by atoms with Crippen molar-refractivity contribution in [3.8, 4) is 22.5 Å². The number of hydrogen-bond donors (Lipinski definition) is 3. The highest BCUT2D eigenvalue weighted by atomic mass is 19.1. The lowest BCUT2D eigenvalue weighted by molar-refractivity contribution is 0.356. The number of halogens is 1. The van der Waals surface area contributed by atoms with Crippen molar-refractivity contribution in [1.29, 1.82) is 0 Å². The number of pyridine rings is 2. The highest BCUT2D eigenvalue weighted by Crippen LogP contribution is 2.34. The van der Waals surface area contributed by atoms with Crippen LogP contribution in [0.4, 0.5) is 4.39 Å². The van der Waals surface area contributed by atoms with Crippen LogP contribution in [-0.4, -0.2) is 25.1 Å². The molecule has 7 heteroatoms. The number of rotatable bonds is 8. The number of hydrogen-bond acceptors (Lipinski definition) is 4. The van der Waals surface area contributed by atoms with E-state index in [1.54, 1.807) is 18.5 Å². The van der Waals surface area contributed by atoms with Crippen molar-refractivity contribution in [3.63, 3.8) is 0 Å². The Labute approximate surface area is 226 Å². The van der Waals surface area contributed by atoms with Gasteiger partial charge in [-0.1, -0.05) is 37.8 Å². The molecule has 1 fully saturated rings. The molecule has 5 aromatic rings. The standard InChI is InChI=1S/C32H29FN6/c1-4-20(15-24(5-2)35-19(3)21-8-6-9-21)27-12-13-28-31(37-27)32(39-38-28)29-16-25-26(17-34-18-30(25)36-29)22-10-7-11-23(33)14-22/h4-5,7,10-18,21,35-36H,2-3,6,8-9H2,1H3,(H,38,39)/b20-4+,24-15+. The van der Waals surface area contributed by atoms with Gasteiger partial charge in [0.15, 0.2) is 0 Å². The van der Waals surface area contributed by atoms with Crippen LogP contribution in [0.5, 0.6) is 0 Å². The number of H-pyrrole nitrogens is 2. The Balaban J connectivity index is 1.37. The third-order valence-electron chi connectivity index (χ3n) is 7.38. The average Bonchev–Trinajstić information content (AvgIpc) is 3.53. The average molecular weight is 517 g/mol. The lowest BCUT2D eigenvalue weighted by Crippen LogP contribution is -2.23. The maximum Gasteiger partial charge on any atom is 0.135 e. The van der Waals surface area contributed by atoms with Crippen molar-refractivity contribution in [2.24, 2.45) is 5.92 Å². The van der Waals surface area contributed by atoms with Crippen LogP contribution < -0.4 is 5.32 Å². The first-order valence-electron chi connectivity index (χ1n) is 13.1. The molecular weight excluding hydrogens is 487 g/mol. The number of aromatic nitrogens is 5. The van der Waals surface area contributed by atoms with Crippen LogP contribution in [-0.2, 0) is 0 Å². The van der Waals surface area contributed by atoms with Gasteiger partial charge in [-0.3, -0.25) is 10.1 Å². The topological polar surface area (TPSA) is 82.3 Å². The molecule has 6 rings (SSSR count). The van der Waals surface area contributed by atoms with Crippen molar-refractivity contribution in [2.45, 2.75) is 26.2 Å². The van der Waals surface area contributed by atoms with Crippen LogP contribution in [0.3, 0.4) is 0 Å². The quantitative estimate of drug-likeness (QED) is 0.185. The zero-order valence-corrected chi connectivity index (χ0v) is 21.8. The van der Waals surface area contributed by atoms with Gasteiger partial charge in [-0.05, 0) is 79.3 Å². The fourth-order valence-electron chi connectivity index (χ4n) is 4.98. The second kappa shape index (κ2) is 10.2. The van der Waals surface area contributed by atoms with Gasteiger partial charge in [-0.25, -0.2) is 9.37 Å². The molecule has 0 bridgehead atoms. The second-order valence-corrected chi connectivity index (χ2v) is 9.83. The van der Waals surface area contributed by atoms with E-state index in [1.165, 1.54) is 31.4 Å². The van der Waals surface area contributed by atoms with E-state index in [1.807, 2.05) is 49.4 Å². The number of benzene rings is 1. The molecule has 0 saturated heterocycles. The Morgan fingerprint density at radius 3 is 2.74 bits per heavy atom. The normalized spacial score (nSPS) is 14.5. The van der Waals surface area contributed by atoms with Crippen LogP contribution in [0, 0.1) is 11.7 Å². The monoisotopic (exact) mass is 516 g/mol. The van der Waals surface area contributed by atoms with Crippen molar-refractivity contribution in [1.82, 2.24) is 30.5 Å². The molecule has 3 N–H and O–H groups in total. The third kappa shape index (κ3) is 4.68. The lowest BCUT2D eigenvalue weighted by Gasteiger charge is -2.28. The molecule has 1 aliphatic rings. The predicted octanol–water partition coefficient (Wildman–Crippen LogP) is 7.68. The van der Waals surface area contributed by atoms with Gasteiger partial charge in [0.1, 0.15) is 17.0 Å². The third-order valence-corrected chi connectivity index (χ3v) is 7.38. The Morgan fingerprint density at radius 1 is 1.13 bits per heavy atom. The minimum absolute atomic E-state index is 0.286. The molecule has 0 aliphatic heterocycles. The predicted molar refractivity (Wildman–Crippen MR) is 156 cm³/mol. The molecule has 4 aromatic heterocycles. The zero-order valence-electron chi connectivity index (χ0n) is 21.8. The van der Waals surface area contributed by atoms with Crippen LogP contribution >= 0.6 is 0 Å². The van der Waals surface area contributed by atoms with E-state index < -0.39 is 0 Å². The first-order chi connectivity index (χ1) is 19.0. The maximum atomic E-state index is 13.9. The molecule has 0 radical (unpaired) electrons. The van der Waals surface area contributed by atoms with E-state index in [0.29, 0.717) is 11.6 Å². The van der Waals surface area contributed by atoms with E-state index in [9.17, 15) is 4.39 Å². The molecule has 0 unspecified atom stereocenters. The van der Waals surface area contributed by atoms with E-state index in [2.05, 4.69) is 38.6 Å². The maximum absolute atomic E-state index is 13.9. The number of nitrogens with one attached hydrogen (secondary N) is 3. The Bertz CT molecular complexity index is 1780. The van der Waals surface area contributed by atoms with Gasteiger partial charge in [-0.15, -0.1) is 0 Å². The van der Waals surface area contributed by atoms with Crippen molar-refractivity contribution in [2.75, 3.05) is 0 Å². The number of allylic oxidation sites excluding steroid dienone is 5. The first kappa shape index (κ1) is 24.6. The highest BCUT2D eigenvalue weighted by molar-refractivity contribution is 6.00. The summed E-state index contributed by atoms with van der Waals surface area (Å²) in [6.07, 6.45) is 13.0. The second-order valence-electron chi connectivity index (χ2n) is 9.83. The molecule has 4 heterocycles. The van der Waals surface area contributed by atoms with E-state index in [4.69, 9.17) is 4.98 Å². The van der Waals surface area contributed by atoms with Gasteiger partial charge in [0.2, 0.25) is 0 Å². The zero-order chi connectivity index (χ0) is 26.9. The van der Waals surface area contributed by atoms with Crippen LogP contribution in [0.1, 0.15) is 31.9 Å². The van der Waals surface area contributed by atoms with Crippen molar-refractivity contribution in [3.05, 3.63) is 109 Å². The molecular formula is C32H29FN6. The molecule has 0 atom stereocenters. The fourth-order valence-corrected chi connectivity index (χ4v) is 4.98. The summed E-state index contributed by atoms with van der Waals surface area (Å²) in [5.74, 6) is 0.240. The van der Waals surface area contributed by atoms with Crippen LogP contribution in [0.2, 0.25) is 0 Å². The highest BCUT2D eigenvalue weighted by Gasteiger charge is 2.21. The van der Waals surface area contributed by atoms with E-state index >= 15 is 0 Å². The number of aromatic amines is 2. The molecule has 0 spiro atoms. The largest absolute Gasteiger partial charge is 0.359 e. The summed E-state index contributed by atoms with van der Waals surface area (Å²) < 4.78 is 13.9. The number of fused-ring (bicyclic) bond motifs is 2. The smallest absolute Gasteiger partial charge is 0.135 e. The fraction of sp³-hybridized carbons (Fsp3) is 0.156. The summed E-state index contributed by atoms with van der Waals surface area (Å²) in [4.78, 5) is 12.8. The minimum atomic E-state index is -0.286. The summed E-state index contributed by atoms with van der Waals surface area (Å²) >= 11 is 0. The Hall–Kier alpha value is -4.78. The molecule has 6 nitrogen and oxygen atoms in total. The summed E-state index contributed by atoms with van der Waals surface area (Å²) in [6, 6.07) is 12.5. The molecule has 0 amide bonds. The minimum Gasteiger partial charge on any atom is -0.359 e. The van der Waals surface area contributed by atoms with E-state index in [-0.39, 0.29) is 5.82 Å². The van der Waals surface area contributed by atoms with Gasteiger partial charge in [0.25, 0.3) is 0 Å². The van der Waals surface area contributed by atoms with Gasteiger partial charge in [0.05, 0.1) is 28.6 Å². The Morgan fingerprint density at radius 2 is 2.00 bits per heavy atom. The van der Waals surface area contributed by atoms with Gasteiger partial charge < -0.3 is 10.3 Å². The molecule has 1 saturated carbocycles. The molecule has 1 aromatic carbocycles.